The molecule has 0 aliphatic carbocycles. The quantitative estimate of drug-likeness (QED) is 0.346. The van der Waals surface area contributed by atoms with E-state index in [9.17, 15) is 18.5 Å². The second-order valence-corrected chi connectivity index (χ2v) is 10.5. The molecule has 168 valence electrons. The number of aromatic nitrogens is 2. The van der Waals surface area contributed by atoms with Crippen molar-refractivity contribution >= 4 is 39.1 Å². The van der Waals surface area contributed by atoms with Crippen LogP contribution in [0, 0.1) is 10.1 Å². The van der Waals surface area contributed by atoms with E-state index in [4.69, 9.17) is 16.0 Å². The predicted molar refractivity (Wildman–Crippen MR) is 119 cm³/mol. The summed E-state index contributed by atoms with van der Waals surface area (Å²) in [6.07, 6.45) is 3.50. The maximum Gasteiger partial charge on any atom is 0.284 e. The van der Waals surface area contributed by atoms with E-state index in [1.165, 1.54) is 16.4 Å². The van der Waals surface area contributed by atoms with Crippen LogP contribution in [-0.2, 0) is 10.0 Å². The second kappa shape index (κ2) is 9.57. The number of halogens is 1. The molecule has 32 heavy (non-hydrogen) atoms. The van der Waals surface area contributed by atoms with Gasteiger partial charge in [0.15, 0.2) is 0 Å². The summed E-state index contributed by atoms with van der Waals surface area (Å²) in [5.41, 5.74) is 0.199. The van der Waals surface area contributed by atoms with E-state index in [-0.39, 0.29) is 26.6 Å². The van der Waals surface area contributed by atoms with Crippen LogP contribution in [-0.4, -0.2) is 40.9 Å². The van der Waals surface area contributed by atoms with Crippen LogP contribution in [0.3, 0.4) is 0 Å². The Hall–Kier alpha value is -2.47. The van der Waals surface area contributed by atoms with E-state index in [0.717, 1.165) is 43.5 Å². The lowest BCUT2D eigenvalue weighted by molar-refractivity contribution is -0.388. The van der Waals surface area contributed by atoms with E-state index < -0.39 is 14.9 Å². The Morgan fingerprint density at radius 3 is 2.47 bits per heavy atom. The topological polar surface area (TPSA) is 119 Å². The molecule has 12 heteroatoms. The Kier molecular flexibility index (Phi) is 6.79. The molecule has 1 aromatic heterocycles. The molecule has 1 aliphatic rings. The third-order valence-corrected chi connectivity index (χ3v) is 8.17. The van der Waals surface area contributed by atoms with Crippen molar-refractivity contribution in [2.75, 3.05) is 13.1 Å². The van der Waals surface area contributed by atoms with Gasteiger partial charge in [-0.1, -0.05) is 36.6 Å². The van der Waals surface area contributed by atoms with Gasteiger partial charge in [-0.05, 0) is 48.9 Å². The number of hydrogen-bond acceptors (Lipinski definition) is 8. The first kappa shape index (κ1) is 22.7. The van der Waals surface area contributed by atoms with E-state index in [1.807, 2.05) is 0 Å². The summed E-state index contributed by atoms with van der Waals surface area (Å²) in [6.45, 7) is 0.832. The van der Waals surface area contributed by atoms with E-state index in [1.54, 1.807) is 24.3 Å². The SMILES string of the molecule is O=[N+]([O-])c1cc(S(=O)(=O)N2CCCCCC2)ccc1Sc1nnc(-c2ccccc2Cl)o1. The summed E-state index contributed by atoms with van der Waals surface area (Å²) in [5, 5.41) is 20.1. The third kappa shape index (κ3) is 4.80. The fourth-order valence-electron chi connectivity index (χ4n) is 3.41. The molecule has 1 aliphatic heterocycles. The molecule has 2 aromatic carbocycles. The molecule has 0 unspecified atom stereocenters. The molecule has 9 nitrogen and oxygen atoms in total. The highest BCUT2D eigenvalue weighted by Crippen LogP contribution is 2.37. The molecule has 0 atom stereocenters. The molecule has 1 saturated heterocycles. The van der Waals surface area contributed by atoms with Crippen LogP contribution < -0.4 is 0 Å². The summed E-state index contributed by atoms with van der Waals surface area (Å²) in [7, 11) is -3.81. The minimum absolute atomic E-state index is 0.0751. The minimum Gasteiger partial charge on any atom is -0.411 e. The van der Waals surface area contributed by atoms with Gasteiger partial charge in [0, 0.05) is 19.2 Å². The van der Waals surface area contributed by atoms with Gasteiger partial charge >= 0.3 is 0 Å². The van der Waals surface area contributed by atoms with Gasteiger partial charge in [0.2, 0.25) is 15.9 Å². The van der Waals surface area contributed by atoms with Crippen LogP contribution in [0.25, 0.3) is 11.5 Å². The van der Waals surface area contributed by atoms with Crippen LogP contribution in [0.2, 0.25) is 5.02 Å². The van der Waals surface area contributed by atoms with E-state index >= 15 is 0 Å². The van der Waals surface area contributed by atoms with Crippen molar-refractivity contribution in [2.45, 2.75) is 40.7 Å². The monoisotopic (exact) mass is 494 g/mol. The van der Waals surface area contributed by atoms with Crippen LogP contribution >= 0.6 is 23.4 Å². The van der Waals surface area contributed by atoms with Gasteiger partial charge in [-0.2, -0.15) is 4.31 Å². The van der Waals surface area contributed by atoms with Gasteiger partial charge in [0.1, 0.15) is 0 Å². The Balaban J connectivity index is 1.62. The molecular weight excluding hydrogens is 476 g/mol. The highest BCUT2D eigenvalue weighted by Gasteiger charge is 2.28. The Morgan fingerprint density at radius 2 is 1.78 bits per heavy atom. The van der Waals surface area contributed by atoms with E-state index in [2.05, 4.69) is 10.2 Å². The summed E-state index contributed by atoms with van der Waals surface area (Å²) >= 11 is 7.03. The first-order valence-electron chi connectivity index (χ1n) is 9.91. The first-order chi connectivity index (χ1) is 15.4. The largest absolute Gasteiger partial charge is 0.411 e. The van der Waals surface area contributed by atoms with Gasteiger partial charge < -0.3 is 4.42 Å². The zero-order valence-corrected chi connectivity index (χ0v) is 19.2. The number of nitro benzene ring substituents is 1. The maximum absolute atomic E-state index is 13.0. The molecule has 0 N–H and O–H groups in total. The lowest BCUT2D eigenvalue weighted by Gasteiger charge is -2.19. The highest BCUT2D eigenvalue weighted by molar-refractivity contribution is 7.99. The summed E-state index contributed by atoms with van der Waals surface area (Å²) < 4.78 is 33.0. The normalized spacial score (nSPS) is 15.4. The minimum atomic E-state index is -3.81. The van der Waals surface area contributed by atoms with Crippen molar-refractivity contribution in [3.8, 4) is 11.5 Å². The summed E-state index contributed by atoms with van der Waals surface area (Å²) in [5.74, 6) is 0.182. The molecule has 0 saturated carbocycles. The van der Waals surface area contributed by atoms with Crippen molar-refractivity contribution in [2.24, 2.45) is 0 Å². The molecule has 0 spiro atoms. The standard InChI is InChI=1S/C20H19ClN4O5S2/c21-16-8-4-3-7-15(16)19-22-23-20(30-19)31-18-10-9-14(13-17(18)25(26)27)32(28,29)24-11-5-1-2-6-12-24/h3-4,7-10,13H,1-2,5-6,11-12H2. The fraction of sp³-hybridized carbons (Fsp3) is 0.300. The predicted octanol–water partition coefficient (Wildman–Crippen LogP) is 5.01. The molecule has 4 rings (SSSR count). The van der Waals surface area contributed by atoms with Crippen LogP contribution in [0.15, 0.2) is 61.9 Å². The van der Waals surface area contributed by atoms with Crippen LogP contribution in [0.1, 0.15) is 25.7 Å². The average molecular weight is 495 g/mol. The lowest BCUT2D eigenvalue weighted by Crippen LogP contribution is -2.31. The smallest absolute Gasteiger partial charge is 0.284 e. The number of nitro groups is 1. The number of rotatable bonds is 6. The number of benzene rings is 2. The molecule has 0 amide bonds. The van der Waals surface area contributed by atoms with E-state index in [0.29, 0.717) is 23.7 Å². The lowest BCUT2D eigenvalue weighted by atomic mass is 10.2. The number of sulfonamides is 1. The second-order valence-electron chi connectivity index (χ2n) is 7.16. The zero-order valence-electron chi connectivity index (χ0n) is 16.8. The van der Waals surface area contributed by atoms with Gasteiger partial charge in [-0.3, -0.25) is 10.1 Å². The molecule has 2 heterocycles. The van der Waals surface area contributed by atoms with Crippen molar-refractivity contribution < 1.29 is 17.8 Å². The molecule has 0 radical (unpaired) electrons. The Labute approximate surface area is 194 Å². The molecular formula is C20H19ClN4O5S2. The van der Waals surface area contributed by atoms with Crippen LogP contribution in [0.5, 0.6) is 0 Å². The van der Waals surface area contributed by atoms with Gasteiger partial charge in [0.05, 0.1) is 25.3 Å². The first-order valence-corrected chi connectivity index (χ1v) is 12.5. The van der Waals surface area contributed by atoms with Crippen LogP contribution in [0.4, 0.5) is 5.69 Å². The van der Waals surface area contributed by atoms with Crippen molar-refractivity contribution in [3.05, 3.63) is 57.6 Å². The molecule has 0 bridgehead atoms. The average Bonchev–Trinajstić information content (AvgIpc) is 3.05. The van der Waals surface area contributed by atoms with Gasteiger partial charge in [-0.25, -0.2) is 8.42 Å². The zero-order chi connectivity index (χ0) is 22.7. The van der Waals surface area contributed by atoms with Gasteiger partial charge in [-0.15, -0.1) is 10.2 Å². The van der Waals surface area contributed by atoms with Crippen molar-refractivity contribution in [1.29, 1.82) is 0 Å². The summed E-state index contributed by atoms with van der Waals surface area (Å²) in [4.78, 5) is 11.2. The highest BCUT2D eigenvalue weighted by atomic mass is 35.5. The Bertz CT molecular complexity index is 1240. The van der Waals surface area contributed by atoms with Gasteiger partial charge in [0.25, 0.3) is 10.9 Å². The maximum atomic E-state index is 13.0. The molecule has 3 aromatic rings. The number of hydrogen-bond donors (Lipinski definition) is 0. The molecule has 1 fully saturated rings. The third-order valence-electron chi connectivity index (χ3n) is 5.04. The van der Waals surface area contributed by atoms with Crippen molar-refractivity contribution in [1.82, 2.24) is 14.5 Å². The van der Waals surface area contributed by atoms with Crippen molar-refractivity contribution in [3.63, 3.8) is 0 Å². The Morgan fingerprint density at radius 1 is 1.06 bits per heavy atom. The summed E-state index contributed by atoms with van der Waals surface area (Å²) in [6, 6.07) is 10.8. The fourth-order valence-corrected chi connectivity index (χ4v) is 5.92. The number of nitrogens with zero attached hydrogens (tertiary/aromatic N) is 4.